The van der Waals surface area contributed by atoms with Crippen LogP contribution in [-0.2, 0) is 6.54 Å². The number of nitrogens with one attached hydrogen (secondary N) is 1. The molecule has 1 aromatic heterocycles. The van der Waals surface area contributed by atoms with Crippen molar-refractivity contribution in [3.8, 4) is 11.3 Å². The van der Waals surface area contributed by atoms with Crippen LogP contribution in [0.3, 0.4) is 0 Å². The summed E-state index contributed by atoms with van der Waals surface area (Å²) in [4.78, 5) is 1.21. The molecular formula is C14H19N3S. The van der Waals surface area contributed by atoms with Gasteiger partial charge in [0.2, 0.25) is 0 Å². The van der Waals surface area contributed by atoms with Crippen molar-refractivity contribution >= 4 is 11.5 Å². The van der Waals surface area contributed by atoms with Gasteiger partial charge in [0.1, 0.15) is 5.69 Å². The predicted molar refractivity (Wildman–Crippen MR) is 76.8 cm³/mol. The standard InChI is InChI=1S/C14H19N3S/c1-9(2)15-8-13-14(16-17-18-13)12-7-10(3)5-6-11(12)4/h5-7,9,15H,8H2,1-4H3. The molecule has 0 atom stereocenters. The highest BCUT2D eigenvalue weighted by atomic mass is 32.1. The van der Waals surface area contributed by atoms with Crippen molar-refractivity contribution in [2.45, 2.75) is 40.3 Å². The number of hydrogen-bond donors (Lipinski definition) is 1. The number of benzene rings is 1. The van der Waals surface area contributed by atoms with E-state index in [4.69, 9.17) is 0 Å². The van der Waals surface area contributed by atoms with Crippen LogP contribution in [-0.4, -0.2) is 15.6 Å². The molecule has 0 saturated carbocycles. The second-order valence-corrected chi connectivity index (χ2v) is 5.74. The van der Waals surface area contributed by atoms with Gasteiger partial charge in [0, 0.05) is 18.2 Å². The third kappa shape index (κ3) is 2.94. The first kappa shape index (κ1) is 13.2. The Morgan fingerprint density at radius 3 is 2.78 bits per heavy atom. The summed E-state index contributed by atoms with van der Waals surface area (Å²) in [6.45, 7) is 9.35. The number of hydrogen-bond acceptors (Lipinski definition) is 4. The Morgan fingerprint density at radius 1 is 1.28 bits per heavy atom. The summed E-state index contributed by atoms with van der Waals surface area (Å²) in [7, 11) is 0. The van der Waals surface area contributed by atoms with Gasteiger partial charge < -0.3 is 5.32 Å². The van der Waals surface area contributed by atoms with Crippen LogP contribution >= 0.6 is 11.5 Å². The largest absolute Gasteiger partial charge is 0.310 e. The average molecular weight is 261 g/mol. The molecule has 3 nitrogen and oxygen atoms in total. The molecule has 1 aromatic carbocycles. The molecule has 2 aromatic rings. The summed E-state index contributed by atoms with van der Waals surface area (Å²) in [6, 6.07) is 6.93. The fourth-order valence-electron chi connectivity index (χ4n) is 1.82. The number of aromatic nitrogens is 2. The Balaban J connectivity index is 2.33. The van der Waals surface area contributed by atoms with Crippen molar-refractivity contribution in [3.63, 3.8) is 0 Å². The van der Waals surface area contributed by atoms with Gasteiger partial charge in [0.05, 0.1) is 4.88 Å². The van der Waals surface area contributed by atoms with E-state index in [0.29, 0.717) is 6.04 Å². The summed E-state index contributed by atoms with van der Waals surface area (Å²) < 4.78 is 4.10. The molecule has 4 heteroatoms. The lowest BCUT2D eigenvalue weighted by molar-refractivity contribution is 0.593. The highest BCUT2D eigenvalue weighted by Gasteiger charge is 2.12. The molecule has 96 valence electrons. The molecule has 0 aliphatic rings. The van der Waals surface area contributed by atoms with Gasteiger partial charge in [-0.2, -0.15) is 0 Å². The van der Waals surface area contributed by atoms with Gasteiger partial charge in [-0.05, 0) is 37.0 Å². The third-order valence-corrected chi connectivity index (χ3v) is 3.60. The first-order valence-electron chi connectivity index (χ1n) is 6.20. The van der Waals surface area contributed by atoms with E-state index in [1.807, 2.05) is 0 Å². The van der Waals surface area contributed by atoms with Crippen molar-refractivity contribution in [1.29, 1.82) is 0 Å². The van der Waals surface area contributed by atoms with Crippen LogP contribution in [0.15, 0.2) is 18.2 Å². The van der Waals surface area contributed by atoms with E-state index in [1.54, 1.807) is 0 Å². The smallest absolute Gasteiger partial charge is 0.110 e. The van der Waals surface area contributed by atoms with E-state index in [-0.39, 0.29) is 0 Å². The summed E-state index contributed by atoms with van der Waals surface area (Å²) in [5.74, 6) is 0. The molecule has 0 saturated heterocycles. The van der Waals surface area contributed by atoms with E-state index in [9.17, 15) is 0 Å². The van der Waals surface area contributed by atoms with E-state index in [2.05, 4.69) is 60.8 Å². The molecule has 0 unspecified atom stereocenters. The highest BCUT2D eigenvalue weighted by Crippen LogP contribution is 2.27. The minimum absolute atomic E-state index is 0.471. The predicted octanol–water partition coefficient (Wildman–Crippen LogP) is 3.32. The first-order chi connectivity index (χ1) is 8.58. The zero-order valence-corrected chi connectivity index (χ0v) is 12.1. The van der Waals surface area contributed by atoms with E-state index >= 15 is 0 Å². The number of nitrogens with zero attached hydrogens (tertiary/aromatic N) is 2. The maximum atomic E-state index is 4.29. The van der Waals surface area contributed by atoms with Crippen molar-refractivity contribution < 1.29 is 0 Å². The minimum Gasteiger partial charge on any atom is -0.310 e. The van der Waals surface area contributed by atoms with Crippen molar-refractivity contribution in [2.75, 3.05) is 0 Å². The van der Waals surface area contributed by atoms with Gasteiger partial charge in [-0.25, -0.2) is 0 Å². The van der Waals surface area contributed by atoms with Crippen LogP contribution in [0.1, 0.15) is 29.9 Å². The summed E-state index contributed by atoms with van der Waals surface area (Å²) in [5, 5.41) is 7.72. The van der Waals surface area contributed by atoms with Crippen LogP contribution in [0.4, 0.5) is 0 Å². The van der Waals surface area contributed by atoms with Crippen LogP contribution in [0.5, 0.6) is 0 Å². The van der Waals surface area contributed by atoms with E-state index in [0.717, 1.165) is 12.2 Å². The Morgan fingerprint density at radius 2 is 2.06 bits per heavy atom. The quantitative estimate of drug-likeness (QED) is 0.917. The molecule has 0 aliphatic heterocycles. The molecule has 2 rings (SSSR count). The maximum Gasteiger partial charge on any atom is 0.110 e. The van der Waals surface area contributed by atoms with Gasteiger partial charge >= 0.3 is 0 Å². The molecule has 0 aliphatic carbocycles. The van der Waals surface area contributed by atoms with Crippen molar-refractivity contribution in [3.05, 3.63) is 34.2 Å². The lowest BCUT2D eigenvalue weighted by Crippen LogP contribution is -2.21. The molecule has 0 radical (unpaired) electrons. The molecule has 18 heavy (non-hydrogen) atoms. The third-order valence-electron chi connectivity index (χ3n) is 2.88. The Bertz CT molecular complexity index is 532. The Kier molecular flexibility index (Phi) is 4.09. The second kappa shape index (κ2) is 5.59. The SMILES string of the molecule is Cc1ccc(C)c(-c2nnsc2CNC(C)C)c1. The fourth-order valence-corrected chi connectivity index (χ4v) is 2.42. The normalized spacial score (nSPS) is 11.2. The first-order valence-corrected chi connectivity index (χ1v) is 6.97. The zero-order chi connectivity index (χ0) is 13.1. The van der Waals surface area contributed by atoms with E-state index in [1.165, 1.54) is 33.1 Å². The monoisotopic (exact) mass is 261 g/mol. The van der Waals surface area contributed by atoms with Gasteiger partial charge in [-0.1, -0.05) is 36.0 Å². The summed E-state index contributed by atoms with van der Waals surface area (Å²) >= 11 is 1.48. The molecule has 1 heterocycles. The molecule has 0 spiro atoms. The lowest BCUT2D eigenvalue weighted by atomic mass is 10.0. The molecule has 0 fully saturated rings. The average Bonchev–Trinajstić information content (AvgIpc) is 2.77. The van der Waals surface area contributed by atoms with Crippen LogP contribution in [0.25, 0.3) is 11.3 Å². The second-order valence-electron chi connectivity index (χ2n) is 4.90. The lowest BCUT2D eigenvalue weighted by Gasteiger charge is -2.09. The molecule has 1 N–H and O–H groups in total. The van der Waals surface area contributed by atoms with Crippen molar-refractivity contribution in [2.24, 2.45) is 0 Å². The summed E-state index contributed by atoms with van der Waals surface area (Å²) in [5.41, 5.74) is 4.73. The highest BCUT2D eigenvalue weighted by molar-refractivity contribution is 7.05. The van der Waals surface area contributed by atoms with Crippen LogP contribution in [0, 0.1) is 13.8 Å². The minimum atomic E-state index is 0.471. The van der Waals surface area contributed by atoms with Crippen molar-refractivity contribution in [1.82, 2.24) is 14.9 Å². The van der Waals surface area contributed by atoms with Gasteiger partial charge in [0.15, 0.2) is 0 Å². The Hall–Kier alpha value is -1.26. The molecule has 0 bridgehead atoms. The number of rotatable bonds is 4. The fraction of sp³-hybridized carbons (Fsp3) is 0.429. The molecular weight excluding hydrogens is 242 g/mol. The summed E-state index contributed by atoms with van der Waals surface area (Å²) in [6.07, 6.45) is 0. The topological polar surface area (TPSA) is 37.8 Å². The maximum absolute atomic E-state index is 4.29. The van der Waals surface area contributed by atoms with E-state index < -0.39 is 0 Å². The van der Waals surface area contributed by atoms with Gasteiger partial charge in [0.25, 0.3) is 0 Å². The van der Waals surface area contributed by atoms with Gasteiger partial charge in [-0.3, -0.25) is 0 Å². The number of aryl methyl sites for hydroxylation is 2. The zero-order valence-electron chi connectivity index (χ0n) is 11.3. The van der Waals surface area contributed by atoms with Gasteiger partial charge in [-0.15, -0.1) is 5.10 Å². The van der Waals surface area contributed by atoms with Crippen LogP contribution < -0.4 is 5.32 Å². The van der Waals surface area contributed by atoms with Crippen LogP contribution in [0.2, 0.25) is 0 Å². The Labute approximate surface area is 112 Å². The molecule has 0 amide bonds.